The first kappa shape index (κ1) is 17.2. The molecule has 0 aliphatic heterocycles. The molecule has 102 valence electrons. The molecule has 0 aliphatic rings. The average molecular weight is 303 g/mol. The fourth-order valence-corrected chi connectivity index (χ4v) is 2.37. The summed E-state index contributed by atoms with van der Waals surface area (Å²) in [6.45, 7) is 2.28. The minimum atomic E-state index is 1.00. The maximum atomic E-state index is 3.40. The van der Waals surface area contributed by atoms with Gasteiger partial charge in [0.25, 0.3) is 0 Å². The third-order valence-electron chi connectivity index (χ3n) is 3.23. The van der Waals surface area contributed by atoms with Crippen LogP contribution in [0.5, 0.6) is 0 Å². The molecule has 0 rings (SSSR count). The molecule has 0 aromatic heterocycles. The highest BCUT2D eigenvalue weighted by Gasteiger charge is 1.92. The molecule has 0 amide bonds. The van der Waals surface area contributed by atoms with Crippen molar-refractivity contribution in [2.75, 3.05) is 5.33 Å². The van der Waals surface area contributed by atoms with Crippen molar-refractivity contribution >= 4 is 15.9 Å². The summed E-state index contributed by atoms with van der Waals surface area (Å²) < 4.78 is 0. The molecule has 0 fully saturated rings. The second-order valence-electron chi connectivity index (χ2n) is 4.95. The van der Waals surface area contributed by atoms with Gasteiger partial charge in [0.15, 0.2) is 0 Å². The molecule has 0 aromatic rings. The van der Waals surface area contributed by atoms with Gasteiger partial charge in [0.1, 0.15) is 0 Å². The fraction of sp³-hybridized carbons (Fsp3) is 0.875. The number of hydrogen-bond donors (Lipinski definition) is 0. The van der Waals surface area contributed by atoms with Crippen molar-refractivity contribution < 1.29 is 0 Å². The van der Waals surface area contributed by atoms with Gasteiger partial charge in [-0.15, -0.1) is 0 Å². The quantitative estimate of drug-likeness (QED) is 0.203. The normalized spacial score (nSPS) is 11.4. The van der Waals surface area contributed by atoms with Crippen molar-refractivity contribution in [3.05, 3.63) is 12.2 Å². The summed E-state index contributed by atoms with van der Waals surface area (Å²) in [5.74, 6) is 0. The predicted octanol–water partition coefficient (Wildman–Crippen LogP) is 6.64. The van der Waals surface area contributed by atoms with Crippen molar-refractivity contribution in [2.24, 2.45) is 0 Å². The lowest BCUT2D eigenvalue weighted by Crippen LogP contribution is -1.82. The van der Waals surface area contributed by atoms with Gasteiger partial charge in [0, 0.05) is 5.33 Å². The van der Waals surface area contributed by atoms with E-state index in [-0.39, 0.29) is 0 Å². The van der Waals surface area contributed by atoms with E-state index in [1.54, 1.807) is 0 Å². The van der Waals surface area contributed by atoms with Crippen molar-refractivity contribution in [1.82, 2.24) is 0 Å². The topological polar surface area (TPSA) is 0 Å². The highest BCUT2D eigenvalue weighted by atomic mass is 79.9. The van der Waals surface area contributed by atoms with E-state index in [0.29, 0.717) is 0 Å². The van der Waals surface area contributed by atoms with Crippen LogP contribution in [0.1, 0.15) is 84.0 Å². The molecule has 0 unspecified atom stereocenters. The van der Waals surface area contributed by atoms with Crippen LogP contribution in [0.4, 0.5) is 0 Å². The Labute approximate surface area is 117 Å². The lowest BCUT2D eigenvalue weighted by molar-refractivity contribution is 0.550. The van der Waals surface area contributed by atoms with E-state index in [9.17, 15) is 0 Å². The Morgan fingerprint density at radius 3 is 1.59 bits per heavy atom. The summed E-state index contributed by atoms with van der Waals surface area (Å²) in [6.07, 6.45) is 21.6. The molecule has 0 atom stereocenters. The smallest absolute Gasteiger partial charge is 0.0212 e. The molecule has 17 heavy (non-hydrogen) atoms. The summed E-state index contributed by atoms with van der Waals surface area (Å²) in [4.78, 5) is 0. The summed E-state index contributed by atoms with van der Waals surface area (Å²) in [7, 11) is 0. The van der Waals surface area contributed by atoms with Crippen LogP contribution in [0.15, 0.2) is 12.2 Å². The molecule has 0 saturated heterocycles. The van der Waals surface area contributed by atoms with Gasteiger partial charge in [-0.25, -0.2) is 0 Å². The zero-order valence-electron chi connectivity index (χ0n) is 11.7. The monoisotopic (exact) mass is 302 g/mol. The van der Waals surface area contributed by atoms with Gasteiger partial charge >= 0.3 is 0 Å². The summed E-state index contributed by atoms with van der Waals surface area (Å²) in [6, 6.07) is 0. The van der Waals surface area contributed by atoms with Gasteiger partial charge in [0.2, 0.25) is 0 Å². The van der Waals surface area contributed by atoms with Gasteiger partial charge in [-0.2, -0.15) is 0 Å². The van der Waals surface area contributed by atoms with E-state index < -0.39 is 0 Å². The van der Waals surface area contributed by atoms with Gasteiger partial charge in [-0.1, -0.05) is 99.2 Å². The molecule has 0 radical (unpaired) electrons. The summed E-state index contributed by atoms with van der Waals surface area (Å²) in [5, 5.41) is 1.00. The molecule has 0 heterocycles. The fourth-order valence-electron chi connectivity index (χ4n) is 2.11. The second-order valence-corrected chi connectivity index (χ2v) is 5.60. The van der Waals surface area contributed by atoms with Crippen LogP contribution >= 0.6 is 15.9 Å². The Kier molecular flexibility index (Phi) is 16.4. The van der Waals surface area contributed by atoms with Gasteiger partial charge in [-0.05, 0) is 12.8 Å². The van der Waals surface area contributed by atoms with Crippen LogP contribution in [-0.2, 0) is 0 Å². The largest absolute Gasteiger partial charge is 0.0883 e. The average Bonchev–Trinajstić information content (AvgIpc) is 2.35. The number of halogens is 1. The van der Waals surface area contributed by atoms with Crippen LogP contribution < -0.4 is 0 Å². The number of allylic oxidation sites excluding steroid dienone is 2. The Morgan fingerprint density at radius 2 is 1.12 bits per heavy atom. The van der Waals surface area contributed by atoms with Gasteiger partial charge in [0.05, 0.1) is 0 Å². The van der Waals surface area contributed by atoms with Crippen molar-refractivity contribution in [3.8, 4) is 0 Å². The molecule has 1 heteroatoms. The zero-order valence-corrected chi connectivity index (χ0v) is 13.3. The summed E-state index contributed by atoms with van der Waals surface area (Å²) in [5.41, 5.74) is 0. The first-order chi connectivity index (χ1) is 8.41. The molecule has 0 aromatic carbocycles. The van der Waals surface area contributed by atoms with Crippen LogP contribution in [0.2, 0.25) is 0 Å². The zero-order chi connectivity index (χ0) is 12.6. The maximum Gasteiger partial charge on any atom is 0.0212 e. The Balaban J connectivity index is 2.91. The van der Waals surface area contributed by atoms with Gasteiger partial charge < -0.3 is 0 Å². The van der Waals surface area contributed by atoms with E-state index in [4.69, 9.17) is 0 Å². The Morgan fingerprint density at radius 1 is 0.647 bits per heavy atom. The minimum Gasteiger partial charge on any atom is -0.0883 e. The molecule has 0 saturated carbocycles. The molecule has 0 aliphatic carbocycles. The number of rotatable bonds is 13. The minimum absolute atomic E-state index is 1.00. The SMILES string of the molecule is CCCCCCCCCCCCCC=CCBr. The number of unbranched alkanes of at least 4 members (excludes halogenated alkanes) is 11. The Bertz CT molecular complexity index is 152. The van der Waals surface area contributed by atoms with E-state index >= 15 is 0 Å². The van der Waals surface area contributed by atoms with Gasteiger partial charge in [-0.3, -0.25) is 0 Å². The molecule has 0 spiro atoms. The molecule has 0 bridgehead atoms. The molecule has 0 nitrogen and oxygen atoms in total. The maximum absolute atomic E-state index is 3.40. The Hall–Kier alpha value is 0.220. The summed E-state index contributed by atoms with van der Waals surface area (Å²) >= 11 is 3.40. The van der Waals surface area contributed by atoms with Crippen LogP contribution in [0.25, 0.3) is 0 Å². The highest BCUT2D eigenvalue weighted by Crippen LogP contribution is 2.11. The highest BCUT2D eigenvalue weighted by molar-refractivity contribution is 9.09. The third kappa shape index (κ3) is 16.2. The molecular weight excluding hydrogens is 272 g/mol. The number of alkyl halides is 1. The van der Waals surface area contributed by atoms with Crippen LogP contribution in [-0.4, -0.2) is 5.33 Å². The van der Waals surface area contributed by atoms with Crippen molar-refractivity contribution in [2.45, 2.75) is 84.0 Å². The number of hydrogen-bond acceptors (Lipinski definition) is 0. The van der Waals surface area contributed by atoms with E-state index in [2.05, 4.69) is 35.0 Å². The standard InChI is InChI=1S/C16H31Br/c1-2-3-4-5-6-7-8-9-10-11-12-13-14-15-16-17/h14-15H,2-13,16H2,1H3. The second kappa shape index (κ2) is 16.2. The van der Waals surface area contributed by atoms with E-state index in [0.717, 1.165) is 5.33 Å². The lowest BCUT2D eigenvalue weighted by atomic mass is 10.1. The molecule has 0 N–H and O–H groups in total. The first-order valence-electron chi connectivity index (χ1n) is 7.62. The van der Waals surface area contributed by atoms with Crippen molar-refractivity contribution in [1.29, 1.82) is 0 Å². The van der Waals surface area contributed by atoms with E-state index in [1.165, 1.54) is 77.0 Å². The molecular formula is C16H31Br. The van der Waals surface area contributed by atoms with Crippen LogP contribution in [0, 0.1) is 0 Å². The van der Waals surface area contributed by atoms with Crippen LogP contribution in [0.3, 0.4) is 0 Å². The van der Waals surface area contributed by atoms with Crippen molar-refractivity contribution in [3.63, 3.8) is 0 Å². The third-order valence-corrected chi connectivity index (χ3v) is 3.60. The lowest BCUT2D eigenvalue weighted by Gasteiger charge is -2.01. The van der Waals surface area contributed by atoms with E-state index in [1.807, 2.05) is 0 Å². The first-order valence-corrected chi connectivity index (χ1v) is 8.75. The predicted molar refractivity (Wildman–Crippen MR) is 84.0 cm³/mol.